The Labute approximate surface area is 180 Å². The lowest BCUT2D eigenvalue weighted by atomic mass is 9.97. The first-order chi connectivity index (χ1) is 14.8. The fraction of sp³-hybridized carbons (Fsp3) is 0.240. The van der Waals surface area contributed by atoms with E-state index >= 15 is 0 Å². The van der Waals surface area contributed by atoms with E-state index in [1.807, 2.05) is 22.9 Å². The van der Waals surface area contributed by atoms with E-state index in [0.29, 0.717) is 6.54 Å². The van der Waals surface area contributed by atoms with Crippen molar-refractivity contribution in [2.75, 3.05) is 0 Å². The monoisotopic (exact) mass is 413 g/mol. The van der Waals surface area contributed by atoms with Gasteiger partial charge < -0.3 is 0 Å². The Morgan fingerprint density at radius 2 is 1.83 bits per heavy atom. The molecule has 2 aromatic heterocycles. The Morgan fingerprint density at radius 3 is 2.73 bits per heavy atom. The average molecular weight is 414 g/mol. The third kappa shape index (κ3) is 3.77. The molecule has 0 atom stereocenters. The Morgan fingerprint density at radius 1 is 0.967 bits per heavy atom. The second-order valence-corrected chi connectivity index (χ2v) is 8.67. The summed E-state index contributed by atoms with van der Waals surface area (Å²) >= 11 is 1.70. The number of pyridine rings is 1. The van der Waals surface area contributed by atoms with Crippen LogP contribution >= 0.6 is 11.8 Å². The molecule has 0 spiro atoms. The van der Waals surface area contributed by atoms with E-state index in [1.165, 1.54) is 21.9 Å². The number of benzene rings is 2. The first-order valence-electron chi connectivity index (χ1n) is 10.4. The minimum atomic E-state index is -0.153. The zero-order valence-electron chi connectivity index (χ0n) is 16.8. The quantitative estimate of drug-likeness (QED) is 0.341. The first kappa shape index (κ1) is 19.1. The van der Waals surface area contributed by atoms with Crippen molar-refractivity contribution in [2.45, 2.75) is 43.0 Å². The maximum absolute atomic E-state index is 13.0. The smallest absolute Gasteiger partial charge is 0.291 e. The van der Waals surface area contributed by atoms with Crippen molar-refractivity contribution in [1.82, 2.24) is 14.5 Å². The van der Waals surface area contributed by atoms with Crippen LogP contribution in [0.5, 0.6) is 0 Å². The zero-order chi connectivity index (χ0) is 20.3. The van der Waals surface area contributed by atoms with E-state index < -0.39 is 0 Å². The standard InChI is InChI=1S/C25H23N3OS/c29-25-27-24(30-17-20-10-5-9-19-8-1-2-11-21(19)20)22-12-3-4-13-23(22)28(25)16-18-7-6-14-26-15-18/h1-2,5-11,14-15H,3-4,12-13,16-17H2. The lowest BCUT2D eigenvalue weighted by molar-refractivity contribution is 0.569. The van der Waals surface area contributed by atoms with Gasteiger partial charge in [0.15, 0.2) is 0 Å². The summed E-state index contributed by atoms with van der Waals surface area (Å²) in [4.78, 5) is 21.7. The highest BCUT2D eigenvalue weighted by atomic mass is 32.2. The molecular formula is C25H23N3OS. The molecular weight excluding hydrogens is 390 g/mol. The van der Waals surface area contributed by atoms with Crippen molar-refractivity contribution in [3.05, 3.63) is 99.9 Å². The van der Waals surface area contributed by atoms with Crippen LogP contribution in [0, 0.1) is 0 Å². The molecule has 30 heavy (non-hydrogen) atoms. The highest BCUT2D eigenvalue weighted by Crippen LogP contribution is 2.32. The summed E-state index contributed by atoms with van der Waals surface area (Å²) in [5, 5.41) is 3.42. The summed E-state index contributed by atoms with van der Waals surface area (Å²) in [7, 11) is 0. The Hall–Kier alpha value is -2.92. The molecule has 0 unspecified atom stereocenters. The summed E-state index contributed by atoms with van der Waals surface area (Å²) < 4.78 is 1.85. The summed E-state index contributed by atoms with van der Waals surface area (Å²) in [6.45, 7) is 0.538. The number of hydrogen-bond donors (Lipinski definition) is 0. The molecule has 2 heterocycles. The first-order valence-corrected chi connectivity index (χ1v) is 11.4. The SMILES string of the molecule is O=c1nc(SCc2cccc3ccccc23)c2c(n1Cc1cccnc1)CCCC2. The number of nitrogens with zero attached hydrogens (tertiary/aromatic N) is 3. The van der Waals surface area contributed by atoms with E-state index in [0.717, 1.165) is 47.7 Å². The molecule has 0 saturated heterocycles. The van der Waals surface area contributed by atoms with E-state index in [1.54, 1.807) is 18.0 Å². The largest absolute Gasteiger partial charge is 0.349 e. The second kappa shape index (κ2) is 8.44. The van der Waals surface area contributed by atoms with Crippen LogP contribution in [0.3, 0.4) is 0 Å². The van der Waals surface area contributed by atoms with Gasteiger partial charge in [-0.15, -0.1) is 11.8 Å². The molecule has 0 radical (unpaired) electrons. The number of hydrogen-bond acceptors (Lipinski definition) is 4. The number of fused-ring (bicyclic) bond motifs is 2. The van der Waals surface area contributed by atoms with Crippen molar-refractivity contribution in [1.29, 1.82) is 0 Å². The lowest BCUT2D eigenvalue weighted by Crippen LogP contribution is -2.30. The van der Waals surface area contributed by atoms with Crippen molar-refractivity contribution in [3.63, 3.8) is 0 Å². The predicted octanol–water partition coefficient (Wildman–Crippen LogP) is 5.01. The molecule has 0 N–H and O–H groups in total. The summed E-state index contributed by atoms with van der Waals surface area (Å²) in [6.07, 6.45) is 7.79. The van der Waals surface area contributed by atoms with Crippen LogP contribution in [0.1, 0.15) is 35.2 Å². The van der Waals surface area contributed by atoms with Crippen molar-refractivity contribution >= 4 is 22.5 Å². The van der Waals surface area contributed by atoms with Gasteiger partial charge in [-0.3, -0.25) is 9.55 Å². The van der Waals surface area contributed by atoms with Crippen LogP contribution in [0.4, 0.5) is 0 Å². The van der Waals surface area contributed by atoms with Crippen LogP contribution < -0.4 is 5.69 Å². The second-order valence-electron chi connectivity index (χ2n) is 7.71. The zero-order valence-corrected chi connectivity index (χ0v) is 17.6. The molecule has 1 aliphatic carbocycles. The van der Waals surface area contributed by atoms with Gasteiger partial charge in [-0.05, 0) is 53.6 Å². The summed E-state index contributed by atoms with van der Waals surface area (Å²) in [6, 6.07) is 18.8. The van der Waals surface area contributed by atoms with Gasteiger partial charge in [-0.1, -0.05) is 48.5 Å². The molecule has 0 fully saturated rings. The molecule has 0 bridgehead atoms. The summed E-state index contributed by atoms with van der Waals surface area (Å²) in [5.41, 5.74) is 4.58. The number of rotatable bonds is 5. The highest BCUT2D eigenvalue weighted by molar-refractivity contribution is 7.98. The molecule has 0 amide bonds. The van der Waals surface area contributed by atoms with Crippen LogP contribution in [-0.4, -0.2) is 14.5 Å². The molecule has 0 aliphatic heterocycles. The van der Waals surface area contributed by atoms with Crippen LogP contribution in [0.25, 0.3) is 10.8 Å². The molecule has 1 aliphatic rings. The lowest BCUT2D eigenvalue weighted by Gasteiger charge is -2.22. The van der Waals surface area contributed by atoms with Gasteiger partial charge in [0.05, 0.1) is 6.54 Å². The Bertz CT molecular complexity index is 1250. The van der Waals surface area contributed by atoms with Gasteiger partial charge in [0, 0.05) is 29.4 Å². The molecule has 5 rings (SSSR count). The average Bonchev–Trinajstić information content (AvgIpc) is 2.80. The fourth-order valence-corrected chi connectivity index (χ4v) is 5.35. The highest BCUT2D eigenvalue weighted by Gasteiger charge is 2.21. The molecule has 2 aromatic carbocycles. The number of thioether (sulfide) groups is 1. The normalized spacial score (nSPS) is 13.3. The van der Waals surface area contributed by atoms with Crippen molar-refractivity contribution < 1.29 is 0 Å². The topological polar surface area (TPSA) is 47.8 Å². The minimum Gasteiger partial charge on any atom is -0.291 e. The van der Waals surface area contributed by atoms with E-state index in [9.17, 15) is 4.79 Å². The van der Waals surface area contributed by atoms with Gasteiger partial charge in [0.25, 0.3) is 0 Å². The van der Waals surface area contributed by atoms with Crippen LogP contribution in [0.15, 0.2) is 76.8 Å². The Balaban J connectivity index is 1.48. The van der Waals surface area contributed by atoms with Crippen LogP contribution in [-0.2, 0) is 25.1 Å². The van der Waals surface area contributed by atoms with Gasteiger partial charge in [-0.25, -0.2) is 4.79 Å². The van der Waals surface area contributed by atoms with E-state index in [4.69, 9.17) is 0 Å². The van der Waals surface area contributed by atoms with E-state index in [2.05, 4.69) is 52.4 Å². The van der Waals surface area contributed by atoms with Gasteiger partial charge >= 0.3 is 5.69 Å². The predicted molar refractivity (Wildman–Crippen MR) is 122 cm³/mol. The van der Waals surface area contributed by atoms with Gasteiger partial charge in [-0.2, -0.15) is 4.98 Å². The van der Waals surface area contributed by atoms with Crippen molar-refractivity contribution in [2.24, 2.45) is 0 Å². The molecule has 150 valence electrons. The molecule has 4 aromatic rings. The maximum atomic E-state index is 13.0. The summed E-state index contributed by atoms with van der Waals surface area (Å²) in [5.74, 6) is 0.812. The van der Waals surface area contributed by atoms with Gasteiger partial charge in [0.2, 0.25) is 0 Å². The van der Waals surface area contributed by atoms with E-state index in [-0.39, 0.29) is 5.69 Å². The third-order valence-corrected chi connectivity index (χ3v) is 6.83. The number of aromatic nitrogens is 3. The Kier molecular flexibility index (Phi) is 5.37. The fourth-order valence-electron chi connectivity index (χ4n) is 4.27. The molecule has 4 nitrogen and oxygen atoms in total. The minimum absolute atomic E-state index is 0.153. The molecule has 5 heteroatoms. The van der Waals surface area contributed by atoms with Crippen molar-refractivity contribution in [3.8, 4) is 0 Å². The maximum Gasteiger partial charge on any atom is 0.349 e. The van der Waals surface area contributed by atoms with Crippen LogP contribution in [0.2, 0.25) is 0 Å². The van der Waals surface area contributed by atoms with Gasteiger partial charge in [0.1, 0.15) is 5.03 Å². The third-order valence-electron chi connectivity index (χ3n) is 5.76. The molecule has 0 saturated carbocycles.